The van der Waals surface area contributed by atoms with E-state index < -0.39 is 0 Å². The van der Waals surface area contributed by atoms with Gasteiger partial charge in [-0.3, -0.25) is 0 Å². The van der Waals surface area contributed by atoms with E-state index in [-0.39, 0.29) is 0 Å². The summed E-state index contributed by atoms with van der Waals surface area (Å²) in [5.41, 5.74) is 0.927. The lowest BCUT2D eigenvalue weighted by molar-refractivity contribution is 0.495. The molecule has 0 atom stereocenters. The Balaban J connectivity index is 2.40. The second-order valence-corrected chi connectivity index (χ2v) is 4.71. The molecule has 0 spiro atoms. The van der Waals surface area contributed by atoms with Gasteiger partial charge in [0.2, 0.25) is 0 Å². The van der Waals surface area contributed by atoms with Crippen molar-refractivity contribution in [3.05, 3.63) is 34.6 Å². The Morgan fingerprint density at radius 3 is 2.60 bits per heavy atom. The molecule has 0 saturated heterocycles. The molecule has 1 aliphatic heterocycles. The van der Waals surface area contributed by atoms with Crippen LogP contribution in [-0.4, -0.2) is 18.6 Å². The summed E-state index contributed by atoms with van der Waals surface area (Å²) in [5, 5.41) is 1.19. The van der Waals surface area contributed by atoms with Crippen LogP contribution in [0.1, 0.15) is 0 Å². The van der Waals surface area contributed by atoms with Crippen molar-refractivity contribution in [2.45, 2.75) is 4.90 Å². The van der Waals surface area contributed by atoms with Crippen LogP contribution in [0.4, 0.5) is 5.69 Å². The van der Waals surface area contributed by atoms with Crippen LogP contribution in [0.3, 0.4) is 0 Å². The Morgan fingerprint density at radius 2 is 2.00 bits per heavy atom. The third-order valence-electron chi connectivity index (χ3n) is 2.19. The molecule has 0 bridgehead atoms. The number of hydrogen-bond donors (Lipinski definition) is 1. The molecule has 0 saturated carbocycles. The molecule has 0 aliphatic carbocycles. The third kappa shape index (κ3) is 2.19. The average Bonchev–Trinajstić information content (AvgIpc) is 2.58. The van der Waals surface area contributed by atoms with Crippen molar-refractivity contribution < 1.29 is 0 Å². The van der Waals surface area contributed by atoms with Gasteiger partial charge >= 0.3 is 0 Å². The van der Waals surface area contributed by atoms with Crippen LogP contribution < -0.4 is 4.90 Å². The van der Waals surface area contributed by atoms with E-state index in [1.54, 1.807) is 6.07 Å². The van der Waals surface area contributed by atoms with Crippen LogP contribution in [0, 0.1) is 0 Å². The molecule has 0 aromatic heterocycles. The molecule has 0 N–H and O–H groups in total. The van der Waals surface area contributed by atoms with Crippen molar-refractivity contribution in [2.75, 3.05) is 18.6 Å². The molecule has 1 aromatic rings. The summed E-state index contributed by atoms with van der Waals surface area (Å²) in [6.45, 7) is 0.782. The third-order valence-corrected chi connectivity index (χ3v) is 3.31. The molecule has 2 nitrogen and oxygen atoms in total. The minimum absolute atomic E-state index is 0.573. The molecular formula is C10H10Cl2N2S. The number of hydrogen-bond acceptors (Lipinski definition) is 3. The Morgan fingerprint density at radius 1 is 1.27 bits per heavy atom. The number of thiol groups is 1. The van der Waals surface area contributed by atoms with E-state index in [1.807, 2.05) is 30.4 Å². The molecule has 1 aliphatic rings. The highest BCUT2D eigenvalue weighted by Gasteiger charge is 2.15. The van der Waals surface area contributed by atoms with Crippen LogP contribution in [0.15, 0.2) is 29.4 Å². The fourth-order valence-electron chi connectivity index (χ4n) is 1.46. The van der Waals surface area contributed by atoms with E-state index in [9.17, 15) is 0 Å². The zero-order valence-electron chi connectivity index (χ0n) is 8.11. The number of rotatable bonds is 1. The Kier molecular flexibility index (Phi) is 3.05. The second kappa shape index (κ2) is 4.16. The van der Waals surface area contributed by atoms with Crippen LogP contribution in [0.5, 0.6) is 0 Å². The Labute approximate surface area is 104 Å². The molecule has 5 heteroatoms. The van der Waals surface area contributed by atoms with Crippen LogP contribution in [-0.2, 0) is 0 Å². The zero-order chi connectivity index (χ0) is 11.0. The van der Waals surface area contributed by atoms with Crippen molar-refractivity contribution in [3.63, 3.8) is 0 Å². The number of benzene rings is 1. The highest BCUT2D eigenvalue weighted by Crippen LogP contribution is 2.35. The largest absolute Gasteiger partial charge is 0.361 e. The SMILES string of the molecule is CN1C=CN(c2cc(Cl)cc(Cl)c2S)C1. The van der Waals surface area contributed by atoms with Gasteiger partial charge in [0.25, 0.3) is 0 Å². The van der Waals surface area contributed by atoms with Gasteiger partial charge in [0.05, 0.1) is 17.4 Å². The molecule has 0 radical (unpaired) electrons. The Bertz CT molecular complexity index is 420. The smallest absolute Gasteiger partial charge is 0.0939 e. The predicted octanol–water partition coefficient (Wildman–Crippen LogP) is 3.46. The highest BCUT2D eigenvalue weighted by atomic mass is 35.5. The van der Waals surface area contributed by atoms with Crippen molar-refractivity contribution in [3.8, 4) is 0 Å². The first-order valence-electron chi connectivity index (χ1n) is 4.41. The van der Waals surface area contributed by atoms with Gasteiger partial charge in [-0.1, -0.05) is 23.2 Å². The Hall–Kier alpha value is -0.510. The van der Waals surface area contributed by atoms with E-state index in [2.05, 4.69) is 17.5 Å². The van der Waals surface area contributed by atoms with E-state index in [0.29, 0.717) is 10.0 Å². The molecule has 0 amide bonds. The van der Waals surface area contributed by atoms with Crippen LogP contribution in [0.2, 0.25) is 10.0 Å². The van der Waals surface area contributed by atoms with Gasteiger partial charge in [-0.15, -0.1) is 12.6 Å². The van der Waals surface area contributed by atoms with E-state index >= 15 is 0 Å². The number of halogens is 2. The standard InChI is InChI=1S/C10H10Cl2N2S/c1-13-2-3-14(6-13)9-5-7(11)4-8(12)10(9)15/h2-5,15H,6H2,1H3. The van der Waals surface area contributed by atoms with Crippen LogP contribution >= 0.6 is 35.8 Å². The van der Waals surface area contributed by atoms with Gasteiger partial charge in [-0.25, -0.2) is 0 Å². The normalized spacial score (nSPS) is 15.2. The highest BCUT2D eigenvalue weighted by molar-refractivity contribution is 7.80. The summed E-state index contributed by atoms with van der Waals surface area (Å²) >= 11 is 16.3. The molecule has 2 rings (SSSR count). The van der Waals surface area contributed by atoms with Gasteiger partial charge in [0.1, 0.15) is 0 Å². The van der Waals surface area contributed by atoms with Gasteiger partial charge in [-0.2, -0.15) is 0 Å². The average molecular weight is 261 g/mol. The molecule has 80 valence electrons. The summed E-state index contributed by atoms with van der Waals surface area (Å²) in [7, 11) is 2.00. The summed E-state index contributed by atoms with van der Waals surface area (Å²) in [4.78, 5) is 4.85. The maximum absolute atomic E-state index is 6.01. The fourth-order valence-corrected chi connectivity index (χ4v) is 2.20. The fraction of sp³-hybridized carbons (Fsp3) is 0.200. The van der Waals surface area contributed by atoms with Gasteiger partial charge < -0.3 is 9.80 Å². The lowest BCUT2D eigenvalue weighted by Gasteiger charge is -2.20. The number of nitrogens with zero attached hydrogens (tertiary/aromatic N) is 2. The minimum Gasteiger partial charge on any atom is -0.361 e. The van der Waals surface area contributed by atoms with Crippen molar-refractivity contribution in [2.24, 2.45) is 0 Å². The topological polar surface area (TPSA) is 6.48 Å². The molecular weight excluding hydrogens is 251 g/mol. The van der Waals surface area contributed by atoms with Gasteiger partial charge in [-0.05, 0) is 12.1 Å². The molecule has 0 fully saturated rings. The molecule has 1 heterocycles. The first kappa shape index (κ1) is 11.0. The quantitative estimate of drug-likeness (QED) is 0.773. The first-order valence-corrected chi connectivity index (χ1v) is 5.61. The summed E-state index contributed by atoms with van der Waals surface area (Å²) in [5.74, 6) is 0. The summed E-state index contributed by atoms with van der Waals surface area (Å²) in [6, 6.07) is 3.55. The summed E-state index contributed by atoms with van der Waals surface area (Å²) in [6.07, 6.45) is 3.96. The van der Waals surface area contributed by atoms with E-state index in [1.165, 1.54) is 0 Å². The van der Waals surface area contributed by atoms with E-state index in [0.717, 1.165) is 17.3 Å². The maximum atomic E-state index is 6.01. The zero-order valence-corrected chi connectivity index (χ0v) is 10.5. The van der Waals surface area contributed by atoms with Crippen LogP contribution in [0.25, 0.3) is 0 Å². The van der Waals surface area contributed by atoms with Crippen molar-refractivity contribution >= 4 is 41.5 Å². The predicted molar refractivity (Wildman–Crippen MR) is 68.0 cm³/mol. The molecule has 15 heavy (non-hydrogen) atoms. The lowest BCUT2D eigenvalue weighted by Crippen LogP contribution is -2.22. The van der Waals surface area contributed by atoms with E-state index in [4.69, 9.17) is 23.2 Å². The van der Waals surface area contributed by atoms with Gasteiger partial charge in [0, 0.05) is 29.4 Å². The van der Waals surface area contributed by atoms with Crippen molar-refractivity contribution in [1.82, 2.24) is 4.90 Å². The molecule has 0 unspecified atom stereocenters. The minimum atomic E-state index is 0.573. The first-order chi connectivity index (χ1) is 7.08. The summed E-state index contributed by atoms with van der Waals surface area (Å²) < 4.78 is 0. The molecule has 1 aromatic carbocycles. The van der Waals surface area contributed by atoms with Gasteiger partial charge in [0.15, 0.2) is 0 Å². The second-order valence-electron chi connectivity index (χ2n) is 3.42. The monoisotopic (exact) mass is 260 g/mol. The van der Waals surface area contributed by atoms with Crippen molar-refractivity contribution in [1.29, 1.82) is 0 Å². The lowest BCUT2D eigenvalue weighted by atomic mass is 10.3. The maximum Gasteiger partial charge on any atom is 0.0939 e. The number of anilines is 1.